The third-order valence-corrected chi connectivity index (χ3v) is 2.95. The number of nitrogens with one attached hydrogen (secondary N) is 1. The first-order valence-corrected chi connectivity index (χ1v) is 5.73. The lowest BCUT2D eigenvalue weighted by Crippen LogP contribution is -2.22. The smallest absolute Gasteiger partial charge is 0.135 e. The van der Waals surface area contributed by atoms with Crippen molar-refractivity contribution in [2.45, 2.75) is 25.0 Å². The number of aliphatic hydroxyl groups excluding tert-OH is 1. The number of furan rings is 1. The normalized spacial score (nSPS) is 17.8. The Balaban J connectivity index is 1.76. The molecule has 1 heterocycles. The second kappa shape index (κ2) is 3.92. The molecule has 0 amide bonds. The highest BCUT2D eigenvalue weighted by atomic mass is 16.4. The van der Waals surface area contributed by atoms with Crippen molar-refractivity contribution in [3.63, 3.8) is 0 Å². The van der Waals surface area contributed by atoms with E-state index in [-0.39, 0.29) is 0 Å². The Morgan fingerprint density at radius 3 is 2.94 bits per heavy atom. The van der Waals surface area contributed by atoms with E-state index >= 15 is 0 Å². The fraction of sp³-hybridized carbons (Fsp3) is 0.385. The maximum Gasteiger partial charge on any atom is 0.135 e. The van der Waals surface area contributed by atoms with Crippen LogP contribution in [0.2, 0.25) is 0 Å². The van der Waals surface area contributed by atoms with Gasteiger partial charge in [-0.3, -0.25) is 0 Å². The SMILES string of the molecule is OC(CNC1CC1)c1cc2ccccc2o1. The second-order valence-corrected chi connectivity index (χ2v) is 4.38. The van der Waals surface area contributed by atoms with Crippen LogP contribution in [0.25, 0.3) is 11.0 Å². The molecule has 0 saturated heterocycles. The summed E-state index contributed by atoms with van der Waals surface area (Å²) in [6.07, 6.45) is 1.91. The van der Waals surface area contributed by atoms with E-state index in [0.717, 1.165) is 11.0 Å². The lowest BCUT2D eigenvalue weighted by molar-refractivity contribution is 0.149. The van der Waals surface area contributed by atoms with Gasteiger partial charge in [-0.1, -0.05) is 18.2 Å². The number of benzene rings is 1. The van der Waals surface area contributed by atoms with Crippen LogP contribution >= 0.6 is 0 Å². The average molecular weight is 217 g/mol. The molecule has 84 valence electrons. The number of fused-ring (bicyclic) bond motifs is 1. The molecule has 2 N–H and O–H groups in total. The van der Waals surface area contributed by atoms with Gasteiger partial charge < -0.3 is 14.8 Å². The Bertz CT molecular complexity index is 454. The van der Waals surface area contributed by atoms with Gasteiger partial charge >= 0.3 is 0 Å². The van der Waals surface area contributed by atoms with Gasteiger partial charge in [0.2, 0.25) is 0 Å². The number of para-hydroxylation sites is 1. The Kier molecular flexibility index (Phi) is 2.42. The predicted molar refractivity (Wildman–Crippen MR) is 62.2 cm³/mol. The van der Waals surface area contributed by atoms with Crippen molar-refractivity contribution >= 4 is 11.0 Å². The summed E-state index contributed by atoms with van der Waals surface area (Å²) in [6, 6.07) is 10.3. The van der Waals surface area contributed by atoms with Gasteiger partial charge in [0.05, 0.1) is 0 Å². The van der Waals surface area contributed by atoms with E-state index in [1.54, 1.807) is 0 Å². The van der Waals surface area contributed by atoms with Crippen molar-refractivity contribution in [2.75, 3.05) is 6.54 Å². The number of hydrogen-bond acceptors (Lipinski definition) is 3. The van der Waals surface area contributed by atoms with Crippen LogP contribution in [0.4, 0.5) is 0 Å². The minimum absolute atomic E-state index is 0.548. The van der Waals surface area contributed by atoms with E-state index in [4.69, 9.17) is 4.42 Å². The maximum atomic E-state index is 9.94. The summed E-state index contributed by atoms with van der Waals surface area (Å²) in [4.78, 5) is 0. The Morgan fingerprint density at radius 2 is 2.19 bits per heavy atom. The van der Waals surface area contributed by atoms with Crippen molar-refractivity contribution in [3.8, 4) is 0 Å². The summed E-state index contributed by atoms with van der Waals surface area (Å²) in [5.41, 5.74) is 0.836. The Morgan fingerprint density at radius 1 is 1.38 bits per heavy atom. The largest absolute Gasteiger partial charge is 0.458 e. The minimum atomic E-state index is -0.548. The molecular formula is C13H15NO2. The molecular weight excluding hydrogens is 202 g/mol. The van der Waals surface area contributed by atoms with Crippen molar-refractivity contribution in [3.05, 3.63) is 36.1 Å². The third kappa shape index (κ3) is 1.96. The Hall–Kier alpha value is -1.32. The van der Waals surface area contributed by atoms with Crippen LogP contribution in [0, 0.1) is 0 Å². The summed E-state index contributed by atoms with van der Waals surface area (Å²) in [7, 11) is 0. The second-order valence-electron chi connectivity index (χ2n) is 4.38. The van der Waals surface area contributed by atoms with Gasteiger partial charge in [-0.25, -0.2) is 0 Å². The highest BCUT2D eigenvalue weighted by molar-refractivity contribution is 5.77. The highest BCUT2D eigenvalue weighted by Gasteiger charge is 2.22. The molecule has 0 aliphatic heterocycles. The van der Waals surface area contributed by atoms with Crippen LogP contribution in [-0.2, 0) is 0 Å². The van der Waals surface area contributed by atoms with Crippen LogP contribution in [0.1, 0.15) is 24.7 Å². The molecule has 1 unspecified atom stereocenters. The first kappa shape index (κ1) is 9.87. The van der Waals surface area contributed by atoms with Gasteiger partial charge in [-0.2, -0.15) is 0 Å². The Labute approximate surface area is 94.1 Å². The molecule has 1 fully saturated rings. The van der Waals surface area contributed by atoms with Gasteiger partial charge in [0.25, 0.3) is 0 Å². The number of hydrogen-bond donors (Lipinski definition) is 2. The summed E-state index contributed by atoms with van der Waals surface area (Å²) >= 11 is 0. The molecule has 1 aromatic carbocycles. The molecule has 1 saturated carbocycles. The molecule has 3 rings (SSSR count). The molecule has 0 spiro atoms. The molecule has 2 aromatic rings. The van der Waals surface area contributed by atoms with Gasteiger partial charge in [-0.05, 0) is 25.0 Å². The summed E-state index contributed by atoms with van der Waals surface area (Å²) in [6.45, 7) is 0.574. The van der Waals surface area contributed by atoms with E-state index in [9.17, 15) is 5.11 Å². The zero-order valence-electron chi connectivity index (χ0n) is 9.02. The van der Waals surface area contributed by atoms with E-state index in [1.165, 1.54) is 12.8 Å². The van der Waals surface area contributed by atoms with Crippen LogP contribution < -0.4 is 5.32 Å². The molecule has 1 aliphatic carbocycles. The van der Waals surface area contributed by atoms with Gasteiger partial charge in [0, 0.05) is 18.0 Å². The standard InChI is InChI=1S/C13H15NO2/c15-11(8-14-10-5-6-10)13-7-9-3-1-2-4-12(9)16-13/h1-4,7,10-11,14-15H,5-6,8H2. The monoisotopic (exact) mass is 217 g/mol. The van der Waals surface area contributed by atoms with Crippen LogP contribution in [0.15, 0.2) is 34.7 Å². The average Bonchev–Trinajstić information content (AvgIpc) is 3.02. The van der Waals surface area contributed by atoms with Crippen LogP contribution in [0.3, 0.4) is 0 Å². The van der Waals surface area contributed by atoms with Crippen molar-refractivity contribution in [1.29, 1.82) is 0 Å². The number of aliphatic hydroxyl groups is 1. The fourth-order valence-corrected chi connectivity index (χ4v) is 1.83. The first-order chi connectivity index (χ1) is 7.83. The molecule has 1 atom stereocenters. The lowest BCUT2D eigenvalue weighted by atomic mass is 10.2. The van der Waals surface area contributed by atoms with E-state index < -0.39 is 6.10 Å². The zero-order chi connectivity index (χ0) is 11.0. The first-order valence-electron chi connectivity index (χ1n) is 5.73. The molecule has 16 heavy (non-hydrogen) atoms. The van der Waals surface area contributed by atoms with Gasteiger partial charge in [0.15, 0.2) is 0 Å². The van der Waals surface area contributed by atoms with Gasteiger partial charge in [-0.15, -0.1) is 0 Å². The summed E-state index contributed by atoms with van der Waals surface area (Å²) < 4.78 is 5.59. The molecule has 3 heteroatoms. The topological polar surface area (TPSA) is 45.4 Å². The van der Waals surface area contributed by atoms with Crippen LogP contribution in [0.5, 0.6) is 0 Å². The third-order valence-electron chi connectivity index (χ3n) is 2.95. The predicted octanol–water partition coefficient (Wildman–Crippen LogP) is 2.22. The minimum Gasteiger partial charge on any atom is -0.458 e. The van der Waals surface area contributed by atoms with Crippen molar-refractivity contribution in [2.24, 2.45) is 0 Å². The zero-order valence-corrected chi connectivity index (χ0v) is 9.02. The van der Waals surface area contributed by atoms with Gasteiger partial charge in [0.1, 0.15) is 17.4 Å². The van der Waals surface area contributed by atoms with E-state index in [2.05, 4.69) is 5.32 Å². The maximum absolute atomic E-state index is 9.94. The molecule has 0 bridgehead atoms. The van der Waals surface area contributed by atoms with Crippen molar-refractivity contribution < 1.29 is 9.52 Å². The van der Waals surface area contributed by atoms with E-state index in [1.807, 2.05) is 30.3 Å². The summed E-state index contributed by atoms with van der Waals surface area (Å²) in [5, 5.41) is 14.3. The molecule has 1 aliphatic rings. The van der Waals surface area contributed by atoms with E-state index in [0.29, 0.717) is 18.3 Å². The summed E-state index contributed by atoms with van der Waals surface area (Å²) in [5.74, 6) is 0.648. The molecule has 1 aromatic heterocycles. The van der Waals surface area contributed by atoms with Crippen LogP contribution in [-0.4, -0.2) is 17.7 Å². The quantitative estimate of drug-likeness (QED) is 0.825. The highest BCUT2D eigenvalue weighted by Crippen LogP contribution is 2.24. The molecule has 0 radical (unpaired) electrons. The molecule has 3 nitrogen and oxygen atoms in total. The van der Waals surface area contributed by atoms with Crippen molar-refractivity contribution in [1.82, 2.24) is 5.32 Å². The fourth-order valence-electron chi connectivity index (χ4n) is 1.83. The number of rotatable bonds is 4. The lowest BCUT2D eigenvalue weighted by Gasteiger charge is -2.07.